The summed E-state index contributed by atoms with van der Waals surface area (Å²) in [4.78, 5) is 45.5. The van der Waals surface area contributed by atoms with Crippen LogP contribution in [0.3, 0.4) is 0 Å². The predicted molar refractivity (Wildman–Crippen MR) is 323 cm³/mol. The first-order chi connectivity index (χ1) is 40.1. The van der Waals surface area contributed by atoms with E-state index in [1.807, 2.05) is 25.7 Å². The first kappa shape index (κ1) is 54.7. The van der Waals surface area contributed by atoms with Gasteiger partial charge in [0.05, 0.1) is 36.8 Å². The summed E-state index contributed by atoms with van der Waals surface area (Å²) in [5, 5.41) is 8.57. The Labute approximate surface area is 489 Å². The molecule has 8 aliphatic rings. The van der Waals surface area contributed by atoms with E-state index in [9.17, 15) is 4.79 Å². The third-order valence-corrected chi connectivity index (χ3v) is 20.4. The monoisotopic (exact) mass is 1120 g/mol. The number of nitrogens with one attached hydrogen (secondary N) is 1. The Hall–Kier alpha value is -6.17. The molecule has 0 bridgehead atoms. The number of nitrogens with zero attached hydrogens (tertiary/aromatic N) is 9. The Morgan fingerprint density at radius 1 is 0.663 bits per heavy atom. The summed E-state index contributed by atoms with van der Waals surface area (Å²) in [6, 6.07) is 26.0. The molecule has 2 spiro atoms. The molecule has 0 aliphatic carbocycles. The van der Waals surface area contributed by atoms with Gasteiger partial charge in [-0.3, -0.25) is 4.90 Å². The molecule has 2 aromatic heterocycles. The maximum Gasteiger partial charge on any atom is 0.410 e. The number of ether oxygens (including phenoxy) is 5. The Kier molecular flexibility index (Phi) is 14.3. The van der Waals surface area contributed by atoms with Crippen LogP contribution >= 0.6 is 0 Å². The number of carbonyl (C=O) groups excluding carboxylic acids is 1. The van der Waals surface area contributed by atoms with Crippen LogP contribution in [0, 0.1) is 24.7 Å². The third-order valence-electron chi connectivity index (χ3n) is 20.4. The SMILES string of the molecule is Cc1cccc2cccc(C3Cc4nc(OC[C@@H]5CC(c6ccc(C7Cc8nc(OC[C@@H]9CCCN9C)nc(N9CCC%10(CC9)CNC%10)c8CO7)c7c(C)cccc67)CN5C)nc(N5CCC6(CC5)CN(C(=O)OC(C)(C)C)C6)c4CO3)c12. The van der Waals surface area contributed by atoms with Gasteiger partial charge in [0.25, 0.3) is 0 Å². The van der Waals surface area contributed by atoms with Crippen molar-refractivity contribution in [1.82, 2.24) is 40.0 Å². The highest BCUT2D eigenvalue weighted by atomic mass is 16.6. The molecule has 3 unspecified atom stereocenters. The van der Waals surface area contributed by atoms with E-state index in [2.05, 4.69) is 120 Å². The lowest BCUT2D eigenvalue weighted by atomic mass is 9.72. The van der Waals surface area contributed by atoms with Gasteiger partial charge in [-0.2, -0.15) is 19.9 Å². The van der Waals surface area contributed by atoms with Gasteiger partial charge in [0.15, 0.2) is 0 Å². The number of likely N-dealkylation sites (tertiary alicyclic amines) is 3. The average molecular weight is 1130 g/mol. The molecule has 4 aromatic carbocycles. The van der Waals surface area contributed by atoms with Crippen LogP contribution in [0.1, 0.15) is 134 Å². The zero-order chi connectivity index (χ0) is 56.8. The van der Waals surface area contributed by atoms with Crippen molar-refractivity contribution in [3.05, 3.63) is 117 Å². The second-order valence-corrected chi connectivity index (χ2v) is 27.1. The molecule has 0 radical (unpaired) electrons. The van der Waals surface area contributed by atoms with E-state index in [1.165, 1.54) is 68.6 Å². The number of amides is 1. The van der Waals surface area contributed by atoms with E-state index in [0.29, 0.717) is 68.7 Å². The summed E-state index contributed by atoms with van der Waals surface area (Å²) in [5.74, 6) is 2.21. The van der Waals surface area contributed by atoms with Crippen LogP contribution in [0.5, 0.6) is 12.0 Å². The number of anilines is 2. The van der Waals surface area contributed by atoms with Gasteiger partial charge < -0.3 is 48.6 Å². The zero-order valence-corrected chi connectivity index (χ0v) is 50.0. The Morgan fingerprint density at radius 2 is 1.23 bits per heavy atom. The maximum atomic E-state index is 13.0. The highest BCUT2D eigenvalue weighted by Crippen LogP contribution is 2.47. The molecule has 14 rings (SSSR count). The Balaban J connectivity index is 0.700. The molecule has 5 atom stereocenters. The Bertz CT molecular complexity index is 3420. The van der Waals surface area contributed by atoms with Gasteiger partial charge in [0.2, 0.25) is 0 Å². The number of fused-ring (bicyclic) bond motifs is 4. The van der Waals surface area contributed by atoms with Gasteiger partial charge in [0.1, 0.15) is 30.5 Å². The number of hydrogen-bond donors (Lipinski definition) is 1. The highest BCUT2D eigenvalue weighted by molar-refractivity contribution is 5.92. The minimum atomic E-state index is -0.515. The molecule has 6 fully saturated rings. The molecule has 16 heteroatoms. The van der Waals surface area contributed by atoms with E-state index in [4.69, 9.17) is 43.6 Å². The van der Waals surface area contributed by atoms with Crippen LogP contribution in [-0.4, -0.2) is 151 Å². The molecule has 10 heterocycles. The molecular formula is C67H84N10O6. The second-order valence-electron chi connectivity index (χ2n) is 27.1. The number of aromatic nitrogens is 4. The summed E-state index contributed by atoms with van der Waals surface area (Å²) in [7, 11) is 4.43. The zero-order valence-electron chi connectivity index (χ0n) is 50.0. The number of aryl methyl sites for hydroxylation is 2. The molecule has 8 aliphatic heterocycles. The van der Waals surface area contributed by atoms with Crippen LogP contribution in [0.4, 0.5) is 16.4 Å². The van der Waals surface area contributed by atoms with E-state index in [0.717, 1.165) is 125 Å². The number of carbonyl (C=O) groups is 1. The molecule has 83 heavy (non-hydrogen) atoms. The predicted octanol–water partition coefficient (Wildman–Crippen LogP) is 10.2. The number of benzene rings is 4. The molecule has 438 valence electrons. The third kappa shape index (κ3) is 10.6. The first-order valence-electron chi connectivity index (χ1n) is 31.0. The van der Waals surface area contributed by atoms with Gasteiger partial charge in [-0.1, -0.05) is 66.7 Å². The van der Waals surface area contributed by atoms with Crippen LogP contribution in [0.15, 0.2) is 66.7 Å². The molecule has 0 saturated carbocycles. The average Bonchev–Trinajstić information content (AvgIpc) is 3.46. The minimum absolute atomic E-state index is 0.0910. The fraction of sp³-hybridized carbons (Fsp3) is 0.567. The van der Waals surface area contributed by atoms with Gasteiger partial charge in [-0.15, -0.1) is 0 Å². The molecule has 1 N–H and O–H groups in total. The summed E-state index contributed by atoms with van der Waals surface area (Å²) < 4.78 is 32.9. The second kappa shape index (κ2) is 21.7. The lowest BCUT2D eigenvalue weighted by Crippen LogP contribution is -2.62. The van der Waals surface area contributed by atoms with E-state index in [1.54, 1.807) is 0 Å². The molecule has 16 nitrogen and oxygen atoms in total. The number of piperidine rings is 2. The number of likely N-dealkylation sites (N-methyl/N-ethyl adjacent to an activating group) is 2. The quantitative estimate of drug-likeness (QED) is 0.131. The number of hydrogen-bond acceptors (Lipinski definition) is 15. The lowest BCUT2D eigenvalue weighted by Gasteiger charge is -2.53. The highest BCUT2D eigenvalue weighted by Gasteiger charge is 2.49. The maximum absolute atomic E-state index is 13.0. The van der Waals surface area contributed by atoms with Gasteiger partial charge in [-0.25, -0.2) is 4.79 Å². The molecule has 6 saturated heterocycles. The van der Waals surface area contributed by atoms with Gasteiger partial charge in [0, 0.05) is 100 Å². The summed E-state index contributed by atoms with van der Waals surface area (Å²) >= 11 is 0. The van der Waals surface area contributed by atoms with Crippen LogP contribution in [-0.2, 0) is 40.3 Å². The van der Waals surface area contributed by atoms with Crippen molar-refractivity contribution in [3.63, 3.8) is 0 Å². The Morgan fingerprint density at radius 3 is 1.82 bits per heavy atom. The van der Waals surface area contributed by atoms with Crippen molar-refractivity contribution in [1.29, 1.82) is 0 Å². The van der Waals surface area contributed by atoms with Crippen LogP contribution in [0.25, 0.3) is 21.5 Å². The van der Waals surface area contributed by atoms with Crippen molar-refractivity contribution >= 4 is 39.3 Å². The van der Waals surface area contributed by atoms with Gasteiger partial charge >= 0.3 is 18.1 Å². The van der Waals surface area contributed by atoms with E-state index in [-0.39, 0.29) is 29.8 Å². The van der Waals surface area contributed by atoms with E-state index < -0.39 is 5.60 Å². The number of rotatable bonds is 11. The fourth-order valence-corrected chi connectivity index (χ4v) is 15.4. The van der Waals surface area contributed by atoms with Crippen LogP contribution in [0.2, 0.25) is 0 Å². The van der Waals surface area contributed by atoms with Gasteiger partial charge in [-0.05, 0) is 161 Å². The summed E-state index contributed by atoms with van der Waals surface area (Å²) in [6.07, 6.45) is 8.31. The van der Waals surface area contributed by atoms with Crippen molar-refractivity contribution in [3.8, 4) is 12.0 Å². The van der Waals surface area contributed by atoms with Crippen molar-refractivity contribution in [2.45, 2.75) is 141 Å². The normalized spacial score (nSPS) is 25.1. The smallest absolute Gasteiger partial charge is 0.410 e. The lowest BCUT2D eigenvalue weighted by molar-refractivity contribution is -0.0435. The van der Waals surface area contributed by atoms with Crippen LogP contribution < -0.4 is 24.6 Å². The minimum Gasteiger partial charge on any atom is -0.462 e. The van der Waals surface area contributed by atoms with Crippen molar-refractivity contribution < 1.29 is 28.5 Å². The van der Waals surface area contributed by atoms with Crippen molar-refractivity contribution in [2.75, 3.05) is 103 Å². The summed E-state index contributed by atoms with van der Waals surface area (Å²) in [5.41, 5.74) is 10.5. The first-order valence-corrected chi connectivity index (χ1v) is 31.0. The van der Waals surface area contributed by atoms with Crippen molar-refractivity contribution in [2.24, 2.45) is 10.8 Å². The largest absolute Gasteiger partial charge is 0.462 e. The molecule has 1 amide bonds. The molecular weight excluding hydrogens is 1040 g/mol. The topological polar surface area (TPSA) is 143 Å². The molecule has 6 aromatic rings. The standard InChI is InChI=1S/C67H84N10O6/c1-42-12-8-14-44-15-10-18-50(58(42)44)56-31-54-52(36-79-56)61(76-28-23-67(24-29-76)40-77(41-67)64(78)83-65(3,4)5)72-63(70-54)82-35-47-30-45(33-74(47)7)48-19-20-51(59-43(2)13-9-17-49(48)59)57-32-55-53(37-80-57)60(75-26-21-66(22-27-75)38-68-39-66)71-62(69-55)81-34-46-16-11-25-73(46)6/h8-10,12-15,17-20,45-47,56-57,68H,11,16,21-41H2,1-7H3/t45?,46-,47-,56?,57?/m0/s1. The fourth-order valence-electron chi connectivity index (χ4n) is 15.4. The summed E-state index contributed by atoms with van der Waals surface area (Å²) in [6.45, 7) is 21.5. The van der Waals surface area contributed by atoms with E-state index >= 15 is 0 Å².